The van der Waals surface area contributed by atoms with Crippen molar-refractivity contribution in [2.45, 2.75) is 70.8 Å². The van der Waals surface area contributed by atoms with Crippen LogP contribution in [0.2, 0.25) is 5.02 Å². The zero-order chi connectivity index (χ0) is 26.7. The van der Waals surface area contributed by atoms with E-state index in [4.69, 9.17) is 16.6 Å². The Morgan fingerprint density at radius 1 is 1.16 bits per heavy atom. The van der Waals surface area contributed by atoms with Gasteiger partial charge in [-0.1, -0.05) is 37.4 Å². The molecule has 3 heterocycles. The molecule has 3 aromatic rings. The number of piperidine rings is 1. The fraction of sp³-hybridized carbons (Fsp3) is 0.533. The van der Waals surface area contributed by atoms with Crippen LogP contribution in [0.25, 0.3) is 22.2 Å². The number of unbranched alkanes of at least 4 members (excludes halogenated alkanes) is 2. The van der Waals surface area contributed by atoms with Crippen LogP contribution in [0.15, 0.2) is 36.7 Å². The fourth-order valence-electron chi connectivity index (χ4n) is 5.84. The summed E-state index contributed by atoms with van der Waals surface area (Å²) in [4.78, 5) is 40.0. The fourth-order valence-corrected chi connectivity index (χ4v) is 6.01. The third-order valence-electron chi connectivity index (χ3n) is 8.53. The lowest BCUT2D eigenvalue weighted by molar-refractivity contribution is -0.124. The highest BCUT2D eigenvalue weighted by atomic mass is 35.5. The van der Waals surface area contributed by atoms with E-state index in [-0.39, 0.29) is 23.3 Å². The van der Waals surface area contributed by atoms with Gasteiger partial charge in [0.2, 0.25) is 5.91 Å². The van der Waals surface area contributed by atoms with Crippen molar-refractivity contribution in [2.75, 3.05) is 20.1 Å². The molecular weight excluding hydrogens is 498 g/mol. The van der Waals surface area contributed by atoms with Crippen molar-refractivity contribution >= 4 is 34.2 Å². The number of aromatic amines is 1. The number of hydrogen-bond acceptors (Lipinski definition) is 5. The number of halogens is 1. The Hall–Kier alpha value is -2.77. The van der Waals surface area contributed by atoms with Gasteiger partial charge in [0.1, 0.15) is 11.6 Å². The summed E-state index contributed by atoms with van der Waals surface area (Å²) in [5.41, 5.74) is 2.97. The summed E-state index contributed by atoms with van der Waals surface area (Å²) < 4.78 is 0. The Bertz CT molecular complexity index is 1300. The van der Waals surface area contributed by atoms with E-state index in [0.29, 0.717) is 23.6 Å². The normalized spacial score (nSPS) is 19.5. The first-order valence-corrected chi connectivity index (χ1v) is 14.4. The number of fused-ring (bicyclic) bond motifs is 1. The van der Waals surface area contributed by atoms with Crippen molar-refractivity contribution in [1.82, 2.24) is 25.2 Å². The van der Waals surface area contributed by atoms with Gasteiger partial charge < -0.3 is 15.2 Å². The van der Waals surface area contributed by atoms with Gasteiger partial charge in [-0.05, 0) is 75.9 Å². The second-order valence-electron chi connectivity index (χ2n) is 11.2. The first-order chi connectivity index (χ1) is 18.4. The molecule has 38 heavy (non-hydrogen) atoms. The van der Waals surface area contributed by atoms with E-state index in [1.165, 1.54) is 0 Å². The monoisotopic (exact) mass is 535 g/mol. The average Bonchev–Trinajstić information content (AvgIpc) is 3.40. The summed E-state index contributed by atoms with van der Waals surface area (Å²) in [6.45, 7) is 4.05. The Morgan fingerprint density at radius 3 is 2.76 bits per heavy atom. The number of H-pyrrole nitrogens is 1. The number of carbonyl (C=O) groups excluding carboxylic acids is 2. The number of nitrogens with one attached hydrogen (secondary N) is 2. The molecule has 1 aliphatic heterocycles. The Morgan fingerprint density at radius 2 is 1.97 bits per heavy atom. The van der Waals surface area contributed by atoms with Gasteiger partial charge >= 0.3 is 0 Å². The number of hydrogen-bond donors (Lipinski definition) is 2. The quantitative estimate of drug-likeness (QED) is 0.290. The van der Waals surface area contributed by atoms with Crippen LogP contribution in [-0.2, 0) is 9.59 Å². The van der Waals surface area contributed by atoms with Crippen molar-refractivity contribution in [3.05, 3.63) is 47.5 Å². The van der Waals surface area contributed by atoms with Gasteiger partial charge in [0.05, 0.1) is 28.5 Å². The number of rotatable bonds is 11. The number of aromatic nitrogens is 3. The van der Waals surface area contributed by atoms with Gasteiger partial charge in [0.15, 0.2) is 0 Å². The minimum absolute atomic E-state index is 0.105. The van der Waals surface area contributed by atoms with Crippen molar-refractivity contribution in [3.63, 3.8) is 0 Å². The molecule has 1 aliphatic carbocycles. The molecule has 2 N–H and O–H groups in total. The molecule has 0 unspecified atom stereocenters. The smallest absolute Gasteiger partial charge is 0.224 e. The summed E-state index contributed by atoms with van der Waals surface area (Å²) in [5.74, 6) is 1.35. The number of ketones is 1. The number of imidazole rings is 1. The number of likely N-dealkylation sites (tertiary alicyclic amines) is 1. The van der Waals surface area contributed by atoms with Gasteiger partial charge in [0, 0.05) is 35.9 Å². The summed E-state index contributed by atoms with van der Waals surface area (Å²) in [5, 5.41) is 4.92. The Labute approximate surface area is 229 Å². The molecular formula is C30H38ClN5O2. The average molecular weight is 536 g/mol. The number of benzene rings is 1. The van der Waals surface area contributed by atoms with Crippen LogP contribution in [0, 0.1) is 11.3 Å². The topological polar surface area (TPSA) is 91.0 Å². The largest absolute Gasteiger partial charge is 0.346 e. The van der Waals surface area contributed by atoms with Crippen LogP contribution in [0.4, 0.5) is 0 Å². The maximum Gasteiger partial charge on any atom is 0.224 e. The van der Waals surface area contributed by atoms with Crippen LogP contribution >= 0.6 is 11.6 Å². The Kier molecular flexibility index (Phi) is 8.15. The number of amides is 1. The van der Waals surface area contributed by atoms with E-state index in [9.17, 15) is 9.59 Å². The van der Waals surface area contributed by atoms with E-state index in [1.807, 2.05) is 31.3 Å². The van der Waals surface area contributed by atoms with E-state index >= 15 is 0 Å². The summed E-state index contributed by atoms with van der Waals surface area (Å²) in [6.07, 6.45) is 11.5. The molecule has 1 amide bonds. The SMILES string of the molecule is CCC(=O)CCCCC[C@H](NC(=O)[C@H]1CC12CCN(C)CC2)c1ncc(-c2ccc3ncc(Cl)cc3c2)[nH]1. The highest BCUT2D eigenvalue weighted by Gasteiger charge is 2.58. The molecule has 8 heteroatoms. The third kappa shape index (κ3) is 6.10. The molecule has 5 rings (SSSR count). The molecule has 1 aromatic carbocycles. The van der Waals surface area contributed by atoms with Crippen LogP contribution in [0.1, 0.15) is 76.6 Å². The number of nitrogens with zero attached hydrogens (tertiary/aromatic N) is 3. The van der Waals surface area contributed by atoms with Gasteiger partial charge in [-0.25, -0.2) is 4.98 Å². The molecule has 202 valence electrons. The molecule has 2 atom stereocenters. The number of carbonyl (C=O) groups is 2. The van der Waals surface area contributed by atoms with Gasteiger partial charge in [-0.3, -0.25) is 14.6 Å². The first-order valence-electron chi connectivity index (χ1n) is 14.0. The molecule has 2 fully saturated rings. The summed E-state index contributed by atoms with van der Waals surface area (Å²) >= 11 is 6.16. The van der Waals surface area contributed by atoms with E-state index in [0.717, 1.165) is 86.0 Å². The van der Waals surface area contributed by atoms with E-state index in [2.05, 4.69) is 33.3 Å². The zero-order valence-electron chi connectivity index (χ0n) is 22.4. The lowest BCUT2D eigenvalue weighted by Crippen LogP contribution is -2.36. The summed E-state index contributed by atoms with van der Waals surface area (Å²) in [6, 6.07) is 7.78. The lowest BCUT2D eigenvalue weighted by atomic mass is 9.91. The molecule has 2 aromatic heterocycles. The van der Waals surface area contributed by atoms with Crippen LogP contribution in [-0.4, -0.2) is 51.7 Å². The van der Waals surface area contributed by atoms with Gasteiger partial charge in [-0.15, -0.1) is 0 Å². The highest BCUT2D eigenvalue weighted by Crippen LogP contribution is 2.59. The minimum Gasteiger partial charge on any atom is -0.346 e. The molecule has 0 radical (unpaired) electrons. The second kappa shape index (κ2) is 11.5. The number of Topliss-reactive ketones (excluding diaryl/α,β-unsaturated/α-hetero) is 1. The third-order valence-corrected chi connectivity index (χ3v) is 8.74. The summed E-state index contributed by atoms with van der Waals surface area (Å²) in [7, 11) is 2.16. The van der Waals surface area contributed by atoms with Crippen molar-refractivity contribution in [2.24, 2.45) is 11.3 Å². The standard InChI is InChI=1S/C30H38ClN5O2/c1-3-23(37)7-5-4-6-8-26(35-29(38)24-17-30(24)11-13-36(2)14-12-30)28-33-19-27(34-28)20-9-10-25-21(15-20)16-22(31)18-32-25/h9-10,15-16,18-19,24,26H,3-8,11-14,17H2,1-2H3,(H,33,34)(H,35,38)/t24-,26+/m1/s1. The predicted molar refractivity (Wildman–Crippen MR) is 151 cm³/mol. The van der Waals surface area contributed by atoms with Gasteiger partial charge in [-0.2, -0.15) is 0 Å². The maximum atomic E-state index is 13.4. The van der Waals surface area contributed by atoms with E-state index in [1.54, 1.807) is 6.20 Å². The predicted octanol–water partition coefficient (Wildman–Crippen LogP) is 6.10. The molecule has 2 aliphatic rings. The molecule has 0 bridgehead atoms. The molecule has 7 nitrogen and oxygen atoms in total. The van der Waals surface area contributed by atoms with Crippen molar-refractivity contribution < 1.29 is 9.59 Å². The van der Waals surface area contributed by atoms with Crippen LogP contribution < -0.4 is 5.32 Å². The molecule has 1 spiro atoms. The highest BCUT2D eigenvalue weighted by molar-refractivity contribution is 6.31. The minimum atomic E-state index is -0.182. The lowest BCUT2D eigenvalue weighted by Gasteiger charge is -2.30. The van der Waals surface area contributed by atoms with Gasteiger partial charge in [0.25, 0.3) is 0 Å². The molecule has 1 saturated carbocycles. The van der Waals surface area contributed by atoms with Crippen LogP contribution in [0.3, 0.4) is 0 Å². The zero-order valence-corrected chi connectivity index (χ0v) is 23.2. The van der Waals surface area contributed by atoms with Crippen LogP contribution in [0.5, 0.6) is 0 Å². The number of pyridine rings is 1. The van der Waals surface area contributed by atoms with Crippen molar-refractivity contribution in [1.29, 1.82) is 0 Å². The van der Waals surface area contributed by atoms with E-state index < -0.39 is 0 Å². The molecule has 1 saturated heterocycles. The second-order valence-corrected chi connectivity index (χ2v) is 11.7. The first kappa shape index (κ1) is 26.8. The Balaban J connectivity index is 1.29. The maximum absolute atomic E-state index is 13.4. The van der Waals surface area contributed by atoms with Crippen molar-refractivity contribution in [3.8, 4) is 11.3 Å².